The van der Waals surface area contributed by atoms with Crippen LogP contribution in [-0.4, -0.2) is 0 Å². The van der Waals surface area contributed by atoms with E-state index in [0.29, 0.717) is 6.54 Å². The number of nitrogens with two attached hydrogens (primary N) is 1. The highest BCUT2D eigenvalue weighted by atomic mass is 14.5. The first kappa shape index (κ1) is 11.3. The number of rotatable bonds is 5. The molecule has 0 unspecified atom stereocenters. The minimum Gasteiger partial charge on any atom is -0.326 e. The number of hydrogen-bond donors (Lipinski definition) is 1. The van der Waals surface area contributed by atoms with E-state index < -0.39 is 0 Å². The molecule has 0 radical (unpaired) electrons. The fourth-order valence-corrected chi connectivity index (χ4v) is 1.81. The first-order valence-electron chi connectivity index (χ1n) is 5.54. The van der Waals surface area contributed by atoms with E-state index in [1.807, 2.05) is 0 Å². The van der Waals surface area contributed by atoms with Crippen molar-refractivity contribution in [3.8, 4) is 0 Å². The molecule has 0 saturated carbocycles. The third-order valence-electron chi connectivity index (χ3n) is 2.62. The fourth-order valence-electron chi connectivity index (χ4n) is 1.81. The van der Waals surface area contributed by atoms with Gasteiger partial charge >= 0.3 is 0 Å². The van der Waals surface area contributed by atoms with E-state index in [4.69, 9.17) is 5.73 Å². The molecule has 1 aromatic carbocycles. The molecular formula is C13H21N. The summed E-state index contributed by atoms with van der Waals surface area (Å²) in [5.74, 6) is 0.795. The standard InChI is InChI=1S/C13H21N/c1-3-4-11(2)9-12-5-7-13(10-14)8-6-12/h5-8,11H,3-4,9-10,14H2,1-2H3/t11-/m1/s1. The molecule has 0 spiro atoms. The summed E-state index contributed by atoms with van der Waals surface area (Å²) in [6.45, 7) is 5.21. The summed E-state index contributed by atoms with van der Waals surface area (Å²) in [4.78, 5) is 0. The van der Waals surface area contributed by atoms with E-state index in [9.17, 15) is 0 Å². The van der Waals surface area contributed by atoms with Gasteiger partial charge in [0.15, 0.2) is 0 Å². The molecule has 0 saturated heterocycles. The normalized spacial score (nSPS) is 12.8. The van der Waals surface area contributed by atoms with E-state index in [1.54, 1.807) is 0 Å². The second kappa shape index (κ2) is 5.82. The van der Waals surface area contributed by atoms with Gasteiger partial charge in [-0.3, -0.25) is 0 Å². The Morgan fingerprint density at radius 2 is 1.71 bits per heavy atom. The summed E-state index contributed by atoms with van der Waals surface area (Å²) in [5.41, 5.74) is 8.20. The molecule has 0 fully saturated rings. The summed E-state index contributed by atoms with van der Waals surface area (Å²) >= 11 is 0. The summed E-state index contributed by atoms with van der Waals surface area (Å²) in [5, 5.41) is 0. The Balaban J connectivity index is 2.50. The predicted octanol–water partition coefficient (Wildman–Crippen LogP) is 3.12. The second-order valence-electron chi connectivity index (χ2n) is 4.12. The van der Waals surface area contributed by atoms with Crippen LogP contribution in [0.2, 0.25) is 0 Å². The topological polar surface area (TPSA) is 26.0 Å². The van der Waals surface area contributed by atoms with Crippen LogP contribution in [0.1, 0.15) is 37.8 Å². The van der Waals surface area contributed by atoms with Gasteiger partial charge in [-0.2, -0.15) is 0 Å². The van der Waals surface area contributed by atoms with Gasteiger partial charge in [-0.25, -0.2) is 0 Å². The van der Waals surface area contributed by atoms with Crippen LogP contribution in [0.5, 0.6) is 0 Å². The molecule has 0 heterocycles. The average molecular weight is 191 g/mol. The molecule has 78 valence electrons. The zero-order chi connectivity index (χ0) is 10.4. The maximum Gasteiger partial charge on any atom is 0.0178 e. The molecule has 0 bridgehead atoms. The summed E-state index contributed by atoms with van der Waals surface area (Å²) < 4.78 is 0. The highest BCUT2D eigenvalue weighted by Gasteiger charge is 2.01. The molecule has 1 atom stereocenters. The molecule has 14 heavy (non-hydrogen) atoms. The summed E-state index contributed by atoms with van der Waals surface area (Å²) in [6, 6.07) is 8.67. The van der Waals surface area contributed by atoms with Gasteiger partial charge in [0, 0.05) is 6.54 Å². The minimum absolute atomic E-state index is 0.644. The van der Waals surface area contributed by atoms with Crippen LogP contribution in [0.4, 0.5) is 0 Å². The molecule has 2 N–H and O–H groups in total. The predicted molar refractivity (Wildman–Crippen MR) is 62.1 cm³/mol. The number of benzene rings is 1. The van der Waals surface area contributed by atoms with Crippen LogP contribution in [0.3, 0.4) is 0 Å². The Kier molecular flexibility index (Phi) is 4.68. The summed E-state index contributed by atoms with van der Waals surface area (Å²) in [6.07, 6.45) is 3.79. The van der Waals surface area contributed by atoms with Crippen LogP contribution >= 0.6 is 0 Å². The van der Waals surface area contributed by atoms with E-state index in [2.05, 4.69) is 38.1 Å². The first-order chi connectivity index (χ1) is 6.76. The largest absolute Gasteiger partial charge is 0.326 e. The lowest BCUT2D eigenvalue weighted by Crippen LogP contribution is -2.00. The molecule has 1 heteroatoms. The van der Waals surface area contributed by atoms with Gasteiger partial charge in [-0.15, -0.1) is 0 Å². The van der Waals surface area contributed by atoms with Crippen LogP contribution < -0.4 is 5.73 Å². The van der Waals surface area contributed by atoms with Gasteiger partial charge in [-0.05, 0) is 23.5 Å². The molecule has 0 aliphatic carbocycles. The fraction of sp³-hybridized carbons (Fsp3) is 0.538. The van der Waals surface area contributed by atoms with Crippen molar-refractivity contribution >= 4 is 0 Å². The Morgan fingerprint density at radius 3 is 2.21 bits per heavy atom. The molecule has 0 aliphatic rings. The molecular weight excluding hydrogens is 170 g/mol. The van der Waals surface area contributed by atoms with Gasteiger partial charge in [0.25, 0.3) is 0 Å². The Hall–Kier alpha value is -0.820. The number of hydrogen-bond acceptors (Lipinski definition) is 1. The lowest BCUT2D eigenvalue weighted by molar-refractivity contribution is 0.522. The van der Waals surface area contributed by atoms with Crippen molar-refractivity contribution in [3.05, 3.63) is 35.4 Å². The Bertz CT molecular complexity index is 250. The Morgan fingerprint density at radius 1 is 1.14 bits per heavy atom. The molecule has 1 nitrogen and oxygen atoms in total. The molecule has 0 amide bonds. The van der Waals surface area contributed by atoms with E-state index in [1.165, 1.54) is 30.4 Å². The van der Waals surface area contributed by atoms with E-state index >= 15 is 0 Å². The van der Waals surface area contributed by atoms with Crippen LogP contribution in [0.25, 0.3) is 0 Å². The van der Waals surface area contributed by atoms with Crippen molar-refractivity contribution in [3.63, 3.8) is 0 Å². The van der Waals surface area contributed by atoms with Crippen molar-refractivity contribution in [1.29, 1.82) is 0 Å². The van der Waals surface area contributed by atoms with Gasteiger partial charge in [0.1, 0.15) is 0 Å². The third kappa shape index (κ3) is 3.51. The van der Waals surface area contributed by atoms with E-state index in [-0.39, 0.29) is 0 Å². The quantitative estimate of drug-likeness (QED) is 0.760. The van der Waals surface area contributed by atoms with Crippen LogP contribution in [0, 0.1) is 5.92 Å². The molecule has 1 rings (SSSR count). The van der Waals surface area contributed by atoms with Gasteiger partial charge < -0.3 is 5.73 Å². The molecule has 0 aliphatic heterocycles. The molecule has 0 aromatic heterocycles. The van der Waals surface area contributed by atoms with Crippen molar-refractivity contribution in [1.82, 2.24) is 0 Å². The van der Waals surface area contributed by atoms with E-state index in [0.717, 1.165) is 5.92 Å². The maximum atomic E-state index is 5.55. The summed E-state index contributed by atoms with van der Waals surface area (Å²) in [7, 11) is 0. The zero-order valence-corrected chi connectivity index (χ0v) is 9.29. The lowest BCUT2D eigenvalue weighted by atomic mass is 9.96. The van der Waals surface area contributed by atoms with Crippen molar-refractivity contribution in [2.24, 2.45) is 11.7 Å². The monoisotopic (exact) mass is 191 g/mol. The van der Waals surface area contributed by atoms with Crippen LogP contribution in [0.15, 0.2) is 24.3 Å². The minimum atomic E-state index is 0.644. The molecule has 1 aromatic rings. The zero-order valence-electron chi connectivity index (χ0n) is 9.29. The van der Waals surface area contributed by atoms with Crippen molar-refractivity contribution < 1.29 is 0 Å². The highest BCUT2D eigenvalue weighted by Crippen LogP contribution is 2.13. The van der Waals surface area contributed by atoms with Crippen molar-refractivity contribution in [2.75, 3.05) is 0 Å². The van der Waals surface area contributed by atoms with Gasteiger partial charge in [-0.1, -0.05) is 51.0 Å². The lowest BCUT2D eigenvalue weighted by Gasteiger charge is -2.10. The SMILES string of the molecule is CCC[C@@H](C)Cc1ccc(CN)cc1. The third-order valence-corrected chi connectivity index (χ3v) is 2.62. The van der Waals surface area contributed by atoms with Gasteiger partial charge in [0.2, 0.25) is 0 Å². The second-order valence-corrected chi connectivity index (χ2v) is 4.12. The Labute approximate surface area is 87.3 Å². The highest BCUT2D eigenvalue weighted by molar-refractivity contribution is 5.22. The first-order valence-corrected chi connectivity index (χ1v) is 5.54. The smallest absolute Gasteiger partial charge is 0.0178 e. The van der Waals surface area contributed by atoms with Gasteiger partial charge in [0.05, 0.1) is 0 Å². The van der Waals surface area contributed by atoms with Crippen molar-refractivity contribution in [2.45, 2.75) is 39.7 Å². The average Bonchev–Trinajstić information content (AvgIpc) is 2.19. The maximum absolute atomic E-state index is 5.55. The van der Waals surface area contributed by atoms with Crippen LogP contribution in [-0.2, 0) is 13.0 Å².